The lowest BCUT2D eigenvalue weighted by Gasteiger charge is -2.11. The third-order valence-electron chi connectivity index (χ3n) is 1.96. The number of phenolic OH excluding ortho intramolecular Hbond substituents is 1. The summed E-state index contributed by atoms with van der Waals surface area (Å²) in [6.07, 6.45) is 0. The summed E-state index contributed by atoms with van der Waals surface area (Å²) >= 11 is 5.68. The molecule has 0 unspecified atom stereocenters. The topological polar surface area (TPSA) is 75.4 Å². The number of hydrogen-bond donors (Lipinski definition) is 2. The van der Waals surface area contributed by atoms with Crippen LogP contribution in [0.5, 0.6) is 5.75 Å². The first kappa shape index (κ1) is 12.6. The first-order valence-electron chi connectivity index (χ1n) is 4.82. The van der Waals surface area contributed by atoms with Gasteiger partial charge in [0.1, 0.15) is 0 Å². The van der Waals surface area contributed by atoms with Crippen molar-refractivity contribution in [1.29, 1.82) is 0 Å². The van der Waals surface area contributed by atoms with Crippen molar-refractivity contribution in [2.75, 3.05) is 11.9 Å². The number of phenols is 1. The molecule has 0 heterocycles. The lowest BCUT2D eigenvalue weighted by atomic mass is 10.2. The summed E-state index contributed by atoms with van der Waals surface area (Å²) in [5, 5.41) is 23.1. The molecular formula is C10H13ClN2O3. The molecule has 5 nitrogen and oxygen atoms in total. The quantitative estimate of drug-likeness (QED) is 0.485. The van der Waals surface area contributed by atoms with Crippen LogP contribution in [-0.4, -0.2) is 16.6 Å². The summed E-state index contributed by atoms with van der Waals surface area (Å²) in [7, 11) is 0. The van der Waals surface area contributed by atoms with Crippen LogP contribution in [0.15, 0.2) is 12.1 Å². The van der Waals surface area contributed by atoms with Crippen LogP contribution < -0.4 is 5.32 Å². The van der Waals surface area contributed by atoms with Gasteiger partial charge in [0.15, 0.2) is 5.75 Å². The highest BCUT2D eigenvalue weighted by Gasteiger charge is 2.14. The summed E-state index contributed by atoms with van der Waals surface area (Å²) in [6.45, 7) is 4.58. The third-order valence-corrected chi connectivity index (χ3v) is 2.25. The van der Waals surface area contributed by atoms with Crippen molar-refractivity contribution < 1.29 is 10.0 Å². The SMILES string of the molecule is CC(C)CNc1cc([N+](=O)[O-])cc(Cl)c1O. The average molecular weight is 245 g/mol. The van der Waals surface area contributed by atoms with Gasteiger partial charge in [-0.3, -0.25) is 10.1 Å². The second kappa shape index (κ2) is 5.03. The van der Waals surface area contributed by atoms with E-state index in [1.807, 2.05) is 13.8 Å². The Hall–Kier alpha value is -1.49. The number of aromatic hydroxyl groups is 1. The average Bonchev–Trinajstić information content (AvgIpc) is 2.19. The maximum atomic E-state index is 10.6. The number of hydrogen-bond acceptors (Lipinski definition) is 4. The molecule has 6 heteroatoms. The number of benzene rings is 1. The number of nitro benzene ring substituents is 1. The molecule has 0 bridgehead atoms. The van der Waals surface area contributed by atoms with E-state index in [-0.39, 0.29) is 22.1 Å². The molecule has 0 spiro atoms. The number of halogens is 1. The lowest BCUT2D eigenvalue weighted by molar-refractivity contribution is -0.384. The van der Waals surface area contributed by atoms with Gasteiger partial charge in [0.2, 0.25) is 0 Å². The van der Waals surface area contributed by atoms with Gasteiger partial charge in [-0.15, -0.1) is 0 Å². The van der Waals surface area contributed by atoms with Crippen molar-refractivity contribution in [2.24, 2.45) is 5.92 Å². The Morgan fingerprint density at radius 3 is 2.69 bits per heavy atom. The van der Waals surface area contributed by atoms with Crippen molar-refractivity contribution in [2.45, 2.75) is 13.8 Å². The van der Waals surface area contributed by atoms with E-state index in [0.29, 0.717) is 12.5 Å². The van der Waals surface area contributed by atoms with Gasteiger partial charge in [-0.25, -0.2) is 0 Å². The van der Waals surface area contributed by atoms with E-state index in [1.54, 1.807) is 0 Å². The second-order valence-corrected chi connectivity index (χ2v) is 4.26. The fourth-order valence-electron chi connectivity index (χ4n) is 1.14. The Morgan fingerprint density at radius 1 is 1.56 bits per heavy atom. The molecule has 0 radical (unpaired) electrons. The molecule has 2 N–H and O–H groups in total. The zero-order chi connectivity index (χ0) is 12.3. The molecule has 1 aromatic rings. The second-order valence-electron chi connectivity index (χ2n) is 3.86. The number of nitrogens with one attached hydrogen (secondary N) is 1. The number of anilines is 1. The van der Waals surface area contributed by atoms with E-state index in [4.69, 9.17) is 11.6 Å². The van der Waals surface area contributed by atoms with Crippen LogP contribution in [0.1, 0.15) is 13.8 Å². The molecular weight excluding hydrogens is 232 g/mol. The van der Waals surface area contributed by atoms with Crippen LogP contribution >= 0.6 is 11.6 Å². The van der Waals surface area contributed by atoms with E-state index in [2.05, 4.69) is 5.32 Å². The molecule has 0 aliphatic heterocycles. The molecule has 1 aromatic carbocycles. The van der Waals surface area contributed by atoms with Crippen molar-refractivity contribution in [3.63, 3.8) is 0 Å². The first-order chi connectivity index (χ1) is 7.41. The summed E-state index contributed by atoms with van der Waals surface area (Å²) < 4.78 is 0. The zero-order valence-corrected chi connectivity index (χ0v) is 9.78. The fourth-order valence-corrected chi connectivity index (χ4v) is 1.35. The minimum absolute atomic E-state index is 0.0274. The first-order valence-corrected chi connectivity index (χ1v) is 5.20. The Bertz CT molecular complexity index is 407. The molecule has 0 fully saturated rings. The van der Waals surface area contributed by atoms with Gasteiger partial charge in [-0.2, -0.15) is 0 Å². The maximum Gasteiger partial charge on any atom is 0.273 e. The minimum atomic E-state index is -0.550. The van der Waals surface area contributed by atoms with Gasteiger partial charge >= 0.3 is 0 Å². The standard InChI is InChI=1S/C10H13ClN2O3/c1-6(2)5-12-9-4-7(13(15)16)3-8(11)10(9)14/h3-4,6,12,14H,5H2,1-2H3. The molecule has 0 saturated carbocycles. The predicted molar refractivity (Wildman–Crippen MR) is 63.1 cm³/mol. The van der Waals surface area contributed by atoms with Crippen LogP contribution in [0, 0.1) is 16.0 Å². The number of rotatable bonds is 4. The van der Waals surface area contributed by atoms with E-state index < -0.39 is 4.92 Å². The Balaban J connectivity index is 3.02. The minimum Gasteiger partial charge on any atom is -0.504 e. The highest BCUT2D eigenvalue weighted by atomic mass is 35.5. The third kappa shape index (κ3) is 3.00. The lowest BCUT2D eigenvalue weighted by Crippen LogP contribution is -2.08. The van der Waals surface area contributed by atoms with Crippen LogP contribution in [0.2, 0.25) is 5.02 Å². The number of non-ortho nitro benzene ring substituents is 1. The van der Waals surface area contributed by atoms with E-state index in [0.717, 1.165) is 6.07 Å². The number of nitro groups is 1. The van der Waals surface area contributed by atoms with Crippen molar-refractivity contribution in [3.8, 4) is 5.75 Å². The van der Waals surface area contributed by atoms with Gasteiger partial charge < -0.3 is 10.4 Å². The Labute approximate surface area is 98.2 Å². The molecule has 0 amide bonds. The van der Waals surface area contributed by atoms with E-state index >= 15 is 0 Å². The monoisotopic (exact) mass is 244 g/mol. The van der Waals surface area contributed by atoms with Gasteiger partial charge in [-0.05, 0) is 5.92 Å². The van der Waals surface area contributed by atoms with Crippen LogP contribution in [-0.2, 0) is 0 Å². The normalized spacial score (nSPS) is 10.5. The van der Waals surface area contributed by atoms with Crippen molar-refractivity contribution in [3.05, 3.63) is 27.3 Å². The molecule has 88 valence electrons. The van der Waals surface area contributed by atoms with Gasteiger partial charge in [0.25, 0.3) is 5.69 Å². The molecule has 0 aliphatic rings. The number of nitrogens with zero attached hydrogens (tertiary/aromatic N) is 1. The summed E-state index contributed by atoms with van der Waals surface area (Å²) in [4.78, 5) is 10.0. The zero-order valence-electron chi connectivity index (χ0n) is 9.03. The van der Waals surface area contributed by atoms with Gasteiger partial charge in [-0.1, -0.05) is 25.4 Å². The summed E-state index contributed by atoms with van der Waals surface area (Å²) in [5.41, 5.74) is 0.141. The highest BCUT2D eigenvalue weighted by Crippen LogP contribution is 2.35. The van der Waals surface area contributed by atoms with Crippen LogP contribution in [0.3, 0.4) is 0 Å². The molecule has 0 aliphatic carbocycles. The molecule has 0 atom stereocenters. The molecule has 1 rings (SSSR count). The molecule has 16 heavy (non-hydrogen) atoms. The summed E-state index contributed by atoms with van der Waals surface area (Å²) in [5.74, 6) is 0.199. The smallest absolute Gasteiger partial charge is 0.273 e. The van der Waals surface area contributed by atoms with Crippen molar-refractivity contribution in [1.82, 2.24) is 0 Å². The predicted octanol–water partition coefficient (Wildman–Crippen LogP) is 3.02. The van der Waals surface area contributed by atoms with Crippen molar-refractivity contribution >= 4 is 23.0 Å². The van der Waals surface area contributed by atoms with Crippen LogP contribution in [0.4, 0.5) is 11.4 Å². The van der Waals surface area contributed by atoms with Gasteiger partial charge in [0, 0.05) is 18.7 Å². The van der Waals surface area contributed by atoms with E-state index in [1.165, 1.54) is 6.07 Å². The highest BCUT2D eigenvalue weighted by molar-refractivity contribution is 6.32. The largest absolute Gasteiger partial charge is 0.504 e. The fraction of sp³-hybridized carbons (Fsp3) is 0.400. The summed E-state index contributed by atoms with van der Waals surface area (Å²) in [6, 6.07) is 2.39. The Morgan fingerprint density at radius 2 is 2.19 bits per heavy atom. The maximum absolute atomic E-state index is 10.6. The Kier molecular flexibility index (Phi) is 3.95. The van der Waals surface area contributed by atoms with Crippen LogP contribution in [0.25, 0.3) is 0 Å². The van der Waals surface area contributed by atoms with E-state index in [9.17, 15) is 15.2 Å². The van der Waals surface area contributed by atoms with Gasteiger partial charge in [0.05, 0.1) is 15.6 Å². The molecule has 0 saturated heterocycles. The molecule has 0 aromatic heterocycles.